The van der Waals surface area contributed by atoms with Gasteiger partial charge in [-0.05, 0) is 63.1 Å². The van der Waals surface area contributed by atoms with Crippen molar-refractivity contribution in [3.05, 3.63) is 129 Å². The number of carbonyl (C=O) groups is 1. The lowest BCUT2D eigenvalue weighted by Gasteiger charge is -2.26. The summed E-state index contributed by atoms with van der Waals surface area (Å²) in [6.45, 7) is 8.40. The molecular weight excluding hydrogens is 712 g/mol. The van der Waals surface area contributed by atoms with Gasteiger partial charge in [0, 0.05) is 45.3 Å². The molecule has 252 valence electrons. The Bertz CT molecular complexity index is 2340. The number of halogens is 1. The maximum absolute atomic E-state index is 14.5. The van der Waals surface area contributed by atoms with Crippen LogP contribution in [0.2, 0.25) is 0 Å². The molecule has 0 N–H and O–H groups in total. The van der Waals surface area contributed by atoms with Crippen molar-refractivity contribution in [1.82, 2.24) is 9.13 Å². The minimum absolute atomic E-state index is 0.0317. The van der Waals surface area contributed by atoms with Gasteiger partial charge in [-0.1, -0.05) is 57.6 Å². The van der Waals surface area contributed by atoms with E-state index in [0.29, 0.717) is 49.7 Å². The molecule has 0 unspecified atom stereocenters. The van der Waals surface area contributed by atoms with Crippen LogP contribution < -0.4 is 24.4 Å². The van der Waals surface area contributed by atoms with E-state index in [4.69, 9.17) is 19.2 Å². The highest BCUT2D eigenvalue weighted by atomic mass is 79.9. The Hall–Kier alpha value is -5.01. The van der Waals surface area contributed by atoms with Gasteiger partial charge in [0.2, 0.25) is 0 Å². The van der Waals surface area contributed by atoms with Crippen molar-refractivity contribution in [3.63, 3.8) is 0 Å². The quantitative estimate of drug-likeness (QED) is 0.0949. The molecule has 0 saturated carbocycles. The van der Waals surface area contributed by atoms with Crippen molar-refractivity contribution in [2.45, 2.75) is 40.3 Å². The number of non-ortho nitro benzene ring substituents is 1. The summed E-state index contributed by atoms with van der Waals surface area (Å²) in [6.07, 6.45) is 1.88. The SMILES string of the molecule is CCOC(=O)C1=C(C)N=c2s/c(=C/c3c(C)n(Cc4ccc([N+](=O)[O-])cc4)c4ccccc34)c(=O)n2[C@@H]1c1cc(OC)c(OCC)cc1Br. The number of aromatic nitrogens is 2. The number of nitrogens with zero attached hydrogens (tertiary/aromatic N) is 4. The minimum atomic E-state index is -0.860. The van der Waals surface area contributed by atoms with Crippen LogP contribution in [0.1, 0.15) is 49.2 Å². The lowest BCUT2D eigenvalue weighted by Crippen LogP contribution is -2.40. The van der Waals surface area contributed by atoms with Gasteiger partial charge >= 0.3 is 5.97 Å². The molecule has 0 fully saturated rings. The second-order valence-corrected chi connectivity index (χ2v) is 13.1. The van der Waals surface area contributed by atoms with E-state index in [0.717, 1.165) is 27.7 Å². The summed E-state index contributed by atoms with van der Waals surface area (Å²) in [6, 6.07) is 17.1. The summed E-state index contributed by atoms with van der Waals surface area (Å²) < 4.78 is 21.6. The standard InChI is InChI=1S/C36H33BrN4O7S/c1-6-47-30-18-27(37)26(16-29(30)46-5)33-32(35(43)48-7-2)20(3)38-36-40(33)34(42)31(49-36)17-25-21(4)39(28-11-9-8-10-24(25)28)19-22-12-14-23(15-13-22)41(44)45/h8-18,33H,6-7,19H2,1-5H3/b31-17+/t33-/m1/s1. The zero-order valence-corrected chi connectivity index (χ0v) is 29.9. The maximum atomic E-state index is 14.5. The number of rotatable bonds is 10. The van der Waals surface area contributed by atoms with E-state index in [9.17, 15) is 19.7 Å². The highest BCUT2D eigenvalue weighted by Crippen LogP contribution is 2.41. The fourth-order valence-electron chi connectivity index (χ4n) is 6.15. The largest absolute Gasteiger partial charge is 0.493 e. The van der Waals surface area contributed by atoms with E-state index in [1.807, 2.05) is 44.2 Å². The molecule has 49 heavy (non-hydrogen) atoms. The second kappa shape index (κ2) is 13.8. The molecule has 0 saturated heterocycles. The first kappa shape index (κ1) is 33.9. The summed E-state index contributed by atoms with van der Waals surface area (Å²) >= 11 is 4.91. The summed E-state index contributed by atoms with van der Waals surface area (Å²) in [5, 5.41) is 12.1. The van der Waals surface area contributed by atoms with E-state index < -0.39 is 16.9 Å². The number of thiazole rings is 1. The molecule has 3 aromatic carbocycles. The van der Waals surface area contributed by atoms with Gasteiger partial charge in [0.25, 0.3) is 11.2 Å². The van der Waals surface area contributed by atoms with Gasteiger partial charge in [0.1, 0.15) is 0 Å². The Morgan fingerprint density at radius 3 is 2.49 bits per heavy atom. The Morgan fingerprint density at radius 1 is 1.08 bits per heavy atom. The lowest BCUT2D eigenvalue weighted by atomic mass is 9.95. The molecule has 1 atom stereocenters. The number of ether oxygens (including phenoxy) is 3. The predicted octanol–water partition coefficient (Wildman–Crippen LogP) is 6.19. The van der Waals surface area contributed by atoms with Crippen LogP contribution >= 0.6 is 27.3 Å². The molecular formula is C36H33BrN4O7S. The van der Waals surface area contributed by atoms with Crippen LogP contribution in [0.25, 0.3) is 17.0 Å². The highest BCUT2D eigenvalue weighted by molar-refractivity contribution is 9.10. The molecule has 1 aliphatic rings. The zero-order chi connectivity index (χ0) is 35.0. The average Bonchev–Trinajstić information content (AvgIpc) is 3.53. The third-order valence-electron chi connectivity index (χ3n) is 8.44. The number of nitro benzene ring substituents is 1. The molecule has 5 aromatic rings. The monoisotopic (exact) mass is 744 g/mol. The van der Waals surface area contributed by atoms with Crippen molar-refractivity contribution >= 4 is 55.9 Å². The number of benzene rings is 3. The predicted molar refractivity (Wildman–Crippen MR) is 191 cm³/mol. The lowest BCUT2D eigenvalue weighted by molar-refractivity contribution is -0.384. The van der Waals surface area contributed by atoms with E-state index in [-0.39, 0.29) is 23.4 Å². The van der Waals surface area contributed by atoms with Crippen molar-refractivity contribution in [2.24, 2.45) is 4.99 Å². The fourth-order valence-corrected chi connectivity index (χ4v) is 7.72. The van der Waals surface area contributed by atoms with Crippen molar-refractivity contribution < 1.29 is 23.9 Å². The Balaban J connectivity index is 1.54. The van der Waals surface area contributed by atoms with E-state index in [2.05, 4.69) is 20.5 Å². The van der Waals surface area contributed by atoms with Gasteiger partial charge in [-0.25, -0.2) is 9.79 Å². The van der Waals surface area contributed by atoms with Crippen molar-refractivity contribution in [3.8, 4) is 11.5 Å². The molecule has 2 aromatic heterocycles. The second-order valence-electron chi connectivity index (χ2n) is 11.3. The average molecular weight is 746 g/mol. The van der Waals surface area contributed by atoms with Gasteiger partial charge in [-0.2, -0.15) is 0 Å². The first-order valence-electron chi connectivity index (χ1n) is 15.6. The van der Waals surface area contributed by atoms with Gasteiger partial charge in [-0.3, -0.25) is 19.5 Å². The highest BCUT2D eigenvalue weighted by Gasteiger charge is 2.35. The first-order chi connectivity index (χ1) is 23.6. The molecule has 0 aliphatic carbocycles. The number of hydrogen-bond acceptors (Lipinski definition) is 9. The number of allylic oxidation sites excluding steroid dienone is 1. The number of para-hydroxylation sites is 1. The molecule has 6 rings (SSSR count). The fraction of sp³-hybridized carbons (Fsp3) is 0.250. The summed E-state index contributed by atoms with van der Waals surface area (Å²) in [7, 11) is 1.54. The summed E-state index contributed by atoms with van der Waals surface area (Å²) in [5.74, 6) is 0.413. The molecule has 0 spiro atoms. The third kappa shape index (κ3) is 6.19. The molecule has 1 aliphatic heterocycles. The Morgan fingerprint density at radius 2 is 1.82 bits per heavy atom. The van der Waals surface area contributed by atoms with Crippen LogP contribution in [-0.4, -0.2) is 40.4 Å². The molecule has 3 heterocycles. The zero-order valence-electron chi connectivity index (χ0n) is 27.5. The number of hydrogen-bond donors (Lipinski definition) is 0. The Labute approximate surface area is 293 Å². The molecule has 0 bridgehead atoms. The van der Waals surface area contributed by atoms with E-state index in [1.54, 1.807) is 42.7 Å². The summed E-state index contributed by atoms with van der Waals surface area (Å²) in [5.41, 5.74) is 4.68. The van der Waals surface area contributed by atoms with Crippen LogP contribution in [0, 0.1) is 17.0 Å². The molecule has 0 amide bonds. The molecule has 11 nitrogen and oxygen atoms in total. The van der Waals surface area contributed by atoms with Crippen molar-refractivity contribution in [2.75, 3.05) is 20.3 Å². The van der Waals surface area contributed by atoms with Crippen LogP contribution in [0.4, 0.5) is 5.69 Å². The number of fused-ring (bicyclic) bond motifs is 2. The van der Waals surface area contributed by atoms with Gasteiger partial charge in [-0.15, -0.1) is 0 Å². The van der Waals surface area contributed by atoms with Gasteiger partial charge in [0.05, 0.1) is 47.1 Å². The van der Waals surface area contributed by atoms with Gasteiger partial charge < -0.3 is 18.8 Å². The normalized spacial score (nSPS) is 14.5. The van der Waals surface area contributed by atoms with E-state index in [1.165, 1.54) is 30.6 Å². The van der Waals surface area contributed by atoms with E-state index >= 15 is 0 Å². The van der Waals surface area contributed by atoms with Crippen molar-refractivity contribution in [1.29, 1.82) is 0 Å². The number of carbonyl (C=O) groups excluding carboxylic acids is 1. The first-order valence-corrected chi connectivity index (χ1v) is 17.2. The minimum Gasteiger partial charge on any atom is -0.493 e. The Kier molecular flexibility index (Phi) is 9.57. The van der Waals surface area contributed by atoms with Crippen LogP contribution in [0.5, 0.6) is 11.5 Å². The third-order valence-corrected chi connectivity index (χ3v) is 10.1. The number of esters is 1. The topological polar surface area (TPSA) is 127 Å². The number of methoxy groups -OCH3 is 1. The van der Waals surface area contributed by atoms with Crippen LogP contribution in [0.3, 0.4) is 0 Å². The smallest absolute Gasteiger partial charge is 0.338 e. The maximum Gasteiger partial charge on any atom is 0.338 e. The molecule has 0 radical (unpaired) electrons. The molecule has 13 heteroatoms. The van der Waals surface area contributed by atoms with Gasteiger partial charge in [0.15, 0.2) is 16.3 Å². The van der Waals surface area contributed by atoms with Crippen LogP contribution in [-0.2, 0) is 16.1 Å². The van der Waals surface area contributed by atoms with Crippen LogP contribution in [0.15, 0.2) is 86.2 Å². The number of nitro groups is 1. The summed E-state index contributed by atoms with van der Waals surface area (Å²) in [4.78, 5) is 43.9.